The van der Waals surface area contributed by atoms with E-state index in [2.05, 4.69) is 56.1 Å². The fourth-order valence-electron chi connectivity index (χ4n) is 3.18. The summed E-state index contributed by atoms with van der Waals surface area (Å²) in [5.74, 6) is 0. The van der Waals surface area contributed by atoms with Gasteiger partial charge in [-0.05, 0) is 29.8 Å². The van der Waals surface area contributed by atoms with Crippen LogP contribution in [0.15, 0.2) is 57.5 Å². The molecule has 116 valence electrons. The lowest BCUT2D eigenvalue weighted by Crippen LogP contribution is -3.12. The van der Waals surface area contributed by atoms with E-state index < -0.39 is 5.60 Å². The Morgan fingerprint density at radius 1 is 0.955 bits per heavy atom. The number of hydrogen-bond acceptors (Lipinski definition) is 1. The van der Waals surface area contributed by atoms with Crippen molar-refractivity contribution in [1.29, 1.82) is 0 Å². The topological polar surface area (TPSA) is 24.7 Å². The van der Waals surface area contributed by atoms with E-state index in [1.54, 1.807) is 4.90 Å². The number of likely N-dealkylation sites (tertiary alicyclic amines) is 1. The molecule has 0 atom stereocenters. The summed E-state index contributed by atoms with van der Waals surface area (Å²) < 4.78 is 2.19. The van der Waals surface area contributed by atoms with Crippen LogP contribution in [0.1, 0.15) is 24.0 Å². The number of piperidine rings is 1. The Labute approximate surface area is 148 Å². The van der Waals surface area contributed by atoms with E-state index in [0.29, 0.717) is 0 Å². The molecule has 1 fully saturated rings. The summed E-state index contributed by atoms with van der Waals surface area (Å²) in [6.45, 7) is 3.02. The molecule has 0 unspecified atom stereocenters. The largest absolute Gasteiger partial charge is 0.385 e. The first-order valence-electron chi connectivity index (χ1n) is 7.62. The first-order chi connectivity index (χ1) is 10.5. The fraction of sp³-hybridized carbons (Fsp3) is 0.333. The molecule has 0 bridgehead atoms. The molecule has 1 aliphatic rings. The maximum Gasteiger partial charge on any atom is 0.103 e. The van der Waals surface area contributed by atoms with Gasteiger partial charge in [0.2, 0.25) is 0 Å². The first-order valence-corrected chi connectivity index (χ1v) is 9.20. The van der Waals surface area contributed by atoms with E-state index in [9.17, 15) is 5.11 Å². The molecule has 4 heteroatoms. The minimum Gasteiger partial charge on any atom is -0.385 e. The van der Waals surface area contributed by atoms with Crippen molar-refractivity contribution in [3.8, 4) is 0 Å². The molecular weight excluding hydrogens is 406 g/mol. The van der Waals surface area contributed by atoms with E-state index in [-0.39, 0.29) is 0 Å². The highest BCUT2D eigenvalue weighted by Gasteiger charge is 2.36. The van der Waals surface area contributed by atoms with Crippen LogP contribution in [0.2, 0.25) is 0 Å². The standard InChI is InChI=1S/C18H19Br2NO/c19-16-6-4-15(5-7-16)18(22)8-10-21(11-9-18)13-14-2-1-3-17(20)12-14/h1-7,12,22H,8-11,13H2/p+1. The lowest BCUT2D eigenvalue weighted by atomic mass is 9.84. The van der Waals surface area contributed by atoms with Gasteiger partial charge < -0.3 is 10.0 Å². The van der Waals surface area contributed by atoms with Crippen LogP contribution in [-0.2, 0) is 12.1 Å². The van der Waals surface area contributed by atoms with E-state index >= 15 is 0 Å². The van der Waals surface area contributed by atoms with Crippen molar-refractivity contribution in [3.63, 3.8) is 0 Å². The van der Waals surface area contributed by atoms with Crippen molar-refractivity contribution >= 4 is 31.9 Å². The second kappa shape index (κ2) is 6.83. The molecule has 0 spiro atoms. The van der Waals surface area contributed by atoms with Gasteiger partial charge in [-0.3, -0.25) is 0 Å². The van der Waals surface area contributed by atoms with Gasteiger partial charge in [0, 0.05) is 27.4 Å². The van der Waals surface area contributed by atoms with Crippen molar-refractivity contribution in [2.75, 3.05) is 13.1 Å². The molecule has 1 heterocycles. The fourth-order valence-corrected chi connectivity index (χ4v) is 3.89. The third-order valence-corrected chi connectivity index (χ3v) is 5.53. The number of quaternary nitrogens is 1. The number of halogens is 2. The third-order valence-electron chi connectivity index (χ3n) is 4.51. The summed E-state index contributed by atoms with van der Waals surface area (Å²) in [5.41, 5.74) is 1.72. The molecule has 1 aliphatic heterocycles. The van der Waals surface area contributed by atoms with Gasteiger partial charge in [-0.2, -0.15) is 0 Å². The molecule has 2 aromatic rings. The SMILES string of the molecule is OC1(c2ccc(Br)cc2)CC[NH+](Cc2cccc(Br)c2)CC1. The van der Waals surface area contributed by atoms with Crippen molar-refractivity contribution in [2.45, 2.75) is 25.0 Å². The molecule has 0 radical (unpaired) electrons. The van der Waals surface area contributed by atoms with Gasteiger partial charge in [-0.1, -0.05) is 56.1 Å². The highest BCUT2D eigenvalue weighted by molar-refractivity contribution is 9.10. The zero-order valence-corrected chi connectivity index (χ0v) is 15.5. The Hall–Kier alpha value is -0.680. The molecule has 0 saturated carbocycles. The minimum atomic E-state index is -0.665. The van der Waals surface area contributed by atoms with Crippen molar-refractivity contribution in [3.05, 3.63) is 68.6 Å². The third kappa shape index (κ3) is 3.80. The Bertz CT molecular complexity index is 634. The number of benzene rings is 2. The molecule has 0 aliphatic carbocycles. The maximum absolute atomic E-state index is 10.9. The zero-order chi connectivity index (χ0) is 15.6. The Morgan fingerprint density at radius 3 is 2.27 bits per heavy atom. The molecular formula is C18H20Br2NO+. The molecule has 22 heavy (non-hydrogen) atoms. The molecule has 2 nitrogen and oxygen atoms in total. The highest BCUT2D eigenvalue weighted by atomic mass is 79.9. The monoisotopic (exact) mass is 424 g/mol. The summed E-state index contributed by atoms with van der Waals surface area (Å²) in [6, 6.07) is 16.6. The summed E-state index contributed by atoms with van der Waals surface area (Å²) in [4.78, 5) is 1.54. The van der Waals surface area contributed by atoms with Crippen LogP contribution in [0.4, 0.5) is 0 Å². The van der Waals surface area contributed by atoms with Gasteiger partial charge in [0.15, 0.2) is 0 Å². The number of aliphatic hydroxyl groups is 1. The predicted molar refractivity (Wildman–Crippen MR) is 95.8 cm³/mol. The lowest BCUT2D eigenvalue weighted by Gasteiger charge is -2.36. The second-order valence-corrected chi connectivity index (χ2v) is 7.93. The normalized spacial score (nSPS) is 25.1. The van der Waals surface area contributed by atoms with E-state index in [4.69, 9.17) is 0 Å². The van der Waals surface area contributed by atoms with Crippen LogP contribution >= 0.6 is 31.9 Å². The number of hydrogen-bond donors (Lipinski definition) is 2. The van der Waals surface area contributed by atoms with Crippen LogP contribution in [0, 0.1) is 0 Å². The van der Waals surface area contributed by atoms with Crippen molar-refractivity contribution in [1.82, 2.24) is 0 Å². The zero-order valence-electron chi connectivity index (χ0n) is 12.4. The van der Waals surface area contributed by atoms with Gasteiger partial charge in [0.1, 0.15) is 12.1 Å². The van der Waals surface area contributed by atoms with Gasteiger partial charge in [-0.15, -0.1) is 0 Å². The summed E-state index contributed by atoms with van der Waals surface area (Å²) in [7, 11) is 0. The highest BCUT2D eigenvalue weighted by Crippen LogP contribution is 2.30. The molecule has 0 aromatic heterocycles. The van der Waals surface area contributed by atoms with E-state index in [1.807, 2.05) is 24.3 Å². The van der Waals surface area contributed by atoms with Crippen LogP contribution in [-0.4, -0.2) is 18.2 Å². The second-order valence-electron chi connectivity index (χ2n) is 6.10. The predicted octanol–water partition coefficient (Wildman–Crippen LogP) is 3.28. The average Bonchev–Trinajstić information content (AvgIpc) is 2.50. The number of rotatable bonds is 3. The van der Waals surface area contributed by atoms with Crippen molar-refractivity contribution < 1.29 is 10.0 Å². The Morgan fingerprint density at radius 2 is 1.64 bits per heavy atom. The molecule has 2 aromatic carbocycles. The molecule has 0 amide bonds. The summed E-state index contributed by atoms with van der Waals surface area (Å²) in [6.07, 6.45) is 1.63. The smallest absolute Gasteiger partial charge is 0.103 e. The van der Waals surface area contributed by atoms with E-state index in [1.165, 1.54) is 5.56 Å². The van der Waals surface area contributed by atoms with E-state index in [0.717, 1.165) is 47.0 Å². The van der Waals surface area contributed by atoms with Crippen LogP contribution in [0.3, 0.4) is 0 Å². The molecule has 3 rings (SSSR count). The van der Waals surface area contributed by atoms with Gasteiger partial charge in [0.25, 0.3) is 0 Å². The number of nitrogens with one attached hydrogen (secondary N) is 1. The Balaban J connectivity index is 1.63. The quantitative estimate of drug-likeness (QED) is 0.774. The van der Waals surface area contributed by atoms with Crippen LogP contribution in [0.5, 0.6) is 0 Å². The van der Waals surface area contributed by atoms with Crippen LogP contribution in [0.25, 0.3) is 0 Å². The van der Waals surface area contributed by atoms with Gasteiger partial charge in [-0.25, -0.2) is 0 Å². The maximum atomic E-state index is 10.9. The lowest BCUT2D eigenvalue weighted by molar-refractivity contribution is -0.921. The van der Waals surface area contributed by atoms with Crippen molar-refractivity contribution in [2.24, 2.45) is 0 Å². The molecule has 2 N–H and O–H groups in total. The first kappa shape index (κ1) is 16.2. The van der Waals surface area contributed by atoms with Gasteiger partial charge >= 0.3 is 0 Å². The molecule has 1 saturated heterocycles. The summed E-state index contributed by atoms with van der Waals surface area (Å²) >= 11 is 6.98. The van der Waals surface area contributed by atoms with Gasteiger partial charge in [0.05, 0.1) is 13.1 Å². The van der Waals surface area contributed by atoms with Crippen LogP contribution < -0.4 is 4.90 Å². The summed E-state index contributed by atoms with van der Waals surface area (Å²) in [5, 5.41) is 10.9. The minimum absolute atomic E-state index is 0.665. The Kier molecular flexibility index (Phi) is 5.03. The average molecular weight is 426 g/mol.